The molecule has 0 spiro atoms. The number of carboxylic acid groups (broad SMARTS) is 1. The number of nitrogens with one attached hydrogen (secondary N) is 1. The third-order valence-electron chi connectivity index (χ3n) is 17.7. The molecular weight excluding hydrogens is 760 g/mol. The number of rotatable bonds is 11. The lowest BCUT2D eigenvalue weighted by Crippen LogP contribution is -2.71. The van der Waals surface area contributed by atoms with Crippen LogP contribution >= 0.6 is 11.6 Å². The molecule has 5 aliphatic carbocycles. The van der Waals surface area contributed by atoms with Crippen LogP contribution < -0.4 is 5.56 Å². The number of hydrogen-bond acceptors (Lipinski definition) is 6. The first-order valence-corrected chi connectivity index (χ1v) is 22.2. The Morgan fingerprint density at radius 3 is 2.34 bits per heavy atom. The molecule has 0 aromatic carbocycles. The summed E-state index contributed by atoms with van der Waals surface area (Å²) >= 11 is 6.21. The number of allylic oxidation sites excluding steroid dienone is 4. The van der Waals surface area contributed by atoms with E-state index in [1.807, 2.05) is 11.6 Å². The lowest BCUT2D eigenvalue weighted by atomic mass is 9.27. The summed E-state index contributed by atoms with van der Waals surface area (Å²) in [6.07, 6.45) is 12.1. The van der Waals surface area contributed by atoms with E-state index in [0.717, 1.165) is 56.2 Å². The Hall–Kier alpha value is -3.85. The third-order valence-corrected chi connectivity index (χ3v) is 17.9. The lowest BCUT2D eigenvalue weighted by molar-refractivity contribution is -0.234. The summed E-state index contributed by atoms with van der Waals surface area (Å²) in [5.41, 5.74) is -0.469. The van der Waals surface area contributed by atoms with Gasteiger partial charge in [-0.2, -0.15) is 4.68 Å². The fourth-order valence-electron chi connectivity index (χ4n) is 14.8. The minimum atomic E-state index is -1.18. The van der Waals surface area contributed by atoms with Crippen LogP contribution in [0, 0.1) is 61.6 Å². The molecule has 59 heavy (non-hydrogen) atoms. The molecule has 0 aliphatic heterocycles. The van der Waals surface area contributed by atoms with Crippen LogP contribution in [0.15, 0.2) is 65.1 Å². The standard InChI is InChI=1S/C49H65ClN4O5/c1-12-48-23-22-47(37-24-39(57)54(53(37)13-2)38-15-14-31(50)27-52-38)26-35(56)40(29(3)4)41(47)33(48)17-21-49(28-51)45(10)19-16-32(30(5)34(55)25-43(6,7)42(58)59)44(8,9)36(45)18-20-46(48,49)11/h12,14-15,24,27-29,32-33,36,51H,1,5,13,16-23,25-26H2,2-4,6-11H3,(H,58,59)/t32-,33-,36+,45+,46+,47+,48-,49?/m1/s1. The summed E-state index contributed by atoms with van der Waals surface area (Å²) in [5.74, 6) is -0.454. The van der Waals surface area contributed by atoms with E-state index >= 15 is 0 Å². The van der Waals surface area contributed by atoms with Crippen LogP contribution in [0.25, 0.3) is 5.82 Å². The van der Waals surface area contributed by atoms with E-state index in [1.54, 1.807) is 49.1 Å². The van der Waals surface area contributed by atoms with Crippen LogP contribution in [0.4, 0.5) is 0 Å². The van der Waals surface area contributed by atoms with Gasteiger partial charge in [0.15, 0.2) is 17.4 Å². The lowest BCUT2D eigenvalue weighted by Gasteiger charge is -2.76. The summed E-state index contributed by atoms with van der Waals surface area (Å²) in [4.78, 5) is 58.8. The van der Waals surface area contributed by atoms with Gasteiger partial charge in [-0.05, 0) is 141 Å². The van der Waals surface area contributed by atoms with E-state index < -0.39 is 27.6 Å². The second-order valence-corrected chi connectivity index (χ2v) is 21.3. The smallest absolute Gasteiger partial charge is 0.309 e. The van der Waals surface area contributed by atoms with Gasteiger partial charge in [0.1, 0.15) is 0 Å². The number of Topliss-reactive ketones (excluding diaryl/α,β-unsaturated/α-hetero) is 2. The molecule has 8 atom stereocenters. The van der Waals surface area contributed by atoms with Crippen LogP contribution in [0.2, 0.25) is 5.02 Å². The van der Waals surface area contributed by atoms with Crippen molar-refractivity contribution in [3.63, 3.8) is 0 Å². The Bertz CT molecular complexity index is 2240. The van der Waals surface area contributed by atoms with Gasteiger partial charge in [0.05, 0.1) is 16.1 Å². The van der Waals surface area contributed by atoms with Gasteiger partial charge in [-0.15, -0.1) is 6.58 Å². The normalized spacial score (nSPS) is 35.0. The molecule has 318 valence electrons. The second-order valence-electron chi connectivity index (χ2n) is 20.9. The highest BCUT2D eigenvalue weighted by molar-refractivity contribution is 6.30. The number of ketones is 2. The fraction of sp³-hybridized carbons (Fsp3) is 0.633. The summed E-state index contributed by atoms with van der Waals surface area (Å²) in [5, 5.41) is 19.8. The third kappa shape index (κ3) is 5.60. The number of aliphatic carboxylic acids is 1. The predicted octanol–water partition coefficient (Wildman–Crippen LogP) is 10.4. The van der Waals surface area contributed by atoms with E-state index in [-0.39, 0.29) is 63.5 Å². The molecule has 2 N–H and O–H groups in total. The van der Waals surface area contributed by atoms with Gasteiger partial charge in [0.2, 0.25) is 0 Å². The second kappa shape index (κ2) is 14.1. The highest BCUT2D eigenvalue weighted by atomic mass is 35.5. The molecule has 0 bridgehead atoms. The molecule has 0 amide bonds. The van der Waals surface area contributed by atoms with Crippen LogP contribution in [0.1, 0.15) is 132 Å². The maximum Gasteiger partial charge on any atom is 0.309 e. The monoisotopic (exact) mass is 824 g/mol. The van der Waals surface area contributed by atoms with Gasteiger partial charge in [-0.1, -0.05) is 65.8 Å². The molecule has 2 aromatic heterocycles. The van der Waals surface area contributed by atoms with Gasteiger partial charge in [-0.3, -0.25) is 23.9 Å². The number of fused-ring (bicyclic) bond motifs is 7. The molecule has 4 saturated carbocycles. The van der Waals surface area contributed by atoms with Crippen molar-refractivity contribution >= 4 is 35.4 Å². The first kappa shape index (κ1) is 43.2. The zero-order chi connectivity index (χ0) is 43.5. The van der Waals surface area contributed by atoms with Crippen LogP contribution in [-0.4, -0.2) is 43.2 Å². The van der Waals surface area contributed by atoms with Crippen LogP contribution in [0.3, 0.4) is 0 Å². The van der Waals surface area contributed by atoms with Crippen molar-refractivity contribution < 1.29 is 19.5 Å². The maximum atomic E-state index is 14.6. The van der Waals surface area contributed by atoms with Gasteiger partial charge in [-0.25, -0.2) is 4.98 Å². The molecule has 0 radical (unpaired) electrons. The number of hydrogen-bond donors (Lipinski definition) is 2. The van der Waals surface area contributed by atoms with Crippen molar-refractivity contribution in [1.29, 1.82) is 5.41 Å². The van der Waals surface area contributed by atoms with Gasteiger partial charge in [0.25, 0.3) is 5.56 Å². The van der Waals surface area contributed by atoms with Crippen molar-refractivity contribution in [1.82, 2.24) is 14.3 Å². The van der Waals surface area contributed by atoms with Crippen LogP contribution in [0.5, 0.6) is 0 Å². The molecule has 10 heteroatoms. The largest absolute Gasteiger partial charge is 0.481 e. The van der Waals surface area contributed by atoms with Crippen molar-refractivity contribution in [2.24, 2.45) is 56.2 Å². The summed E-state index contributed by atoms with van der Waals surface area (Å²) in [6, 6.07) is 5.24. The number of aromatic nitrogens is 3. The van der Waals surface area contributed by atoms with E-state index in [2.05, 4.69) is 65.8 Å². The van der Waals surface area contributed by atoms with Gasteiger partial charge < -0.3 is 10.5 Å². The molecule has 4 fully saturated rings. The van der Waals surface area contributed by atoms with E-state index in [0.29, 0.717) is 35.8 Å². The van der Waals surface area contributed by atoms with Gasteiger partial charge >= 0.3 is 5.97 Å². The SMILES string of the molecule is C=C[C@@]12CC[C@@]3(c4cc(=O)n(-c5ccc(Cl)cn5)n4CC)CC(=O)C(C(C)C)=C3[C@H]1CCC1(C=N)[C@@]3(C)CC[C@H](C(=C)C(=O)CC(C)(C)C(=O)O)C(C)(C)[C@@H]3CC[C@]12C. The van der Waals surface area contributed by atoms with Crippen molar-refractivity contribution in [3.05, 3.63) is 81.4 Å². The minimum absolute atomic E-state index is 0.00687. The molecular formula is C49H65ClN4O5. The van der Waals surface area contributed by atoms with E-state index in [4.69, 9.17) is 11.6 Å². The fourth-order valence-corrected chi connectivity index (χ4v) is 15.0. The van der Waals surface area contributed by atoms with Crippen LogP contribution in [-0.2, 0) is 26.3 Å². The molecule has 7 rings (SSSR count). The summed E-state index contributed by atoms with van der Waals surface area (Å²) < 4.78 is 3.65. The molecule has 2 heterocycles. The van der Waals surface area contributed by atoms with Crippen molar-refractivity contribution in [2.45, 2.75) is 138 Å². The molecule has 0 saturated heterocycles. The molecule has 9 nitrogen and oxygen atoms in total. The Kier molecular flexibility index (Phi) is 10.3. The van der Waals surface area contributed by atoms with Crippen molar-refractivity contribution in [2.75, 3.05) is 0 Å². The van der Waals surface area contributed by atoms with E-state index in [9.17, 15) is 29.7 Å². The van der Waals surface area contributed by atoms with E-state index in [1.165, 1.54) is 5.57 Å². The number of pyridine rings is 1. The quantitative estimate of drug-likeness (QED) is 0.132. The number of nitrogens with zero attached hydrogens (tertiary/aromatic N) is 3. The molecule has 1 unspecified atom stereocenters. The number of carbonyl (C=O) groups excluding carboxylic acids is 2. The number of carboxylic acids is 1. The average molecular weight is 826 g/mol. The zero-order valence-corrected chi connectivity index (χ0v) is 37.5. The number of halogens is 1. The summed E-state index contributed by atoms with van der Waals surface area (Å²) in [7, 11) is 0. The maximum absolute atomic E-state index is 14.6. The number of carbonyl (C=O) groups is 3. The zero-order valence-electron chi connectivity index (χ0n) is 36.8. The first-order valence-electron chi connectivity index (χ1n) is 21.8. The highest BCUT2D eigenvalue weighted by Crippen LogP contribution is 2.81. The Balaban J connectivity index is 1.33. The van der Waals surface area contributed by atoms with Crippen molar-refractivity contribution in [3.8, 4) is 5.82 Å². The Morgan fingerprint density at radius 1 is 1.07 bits per heavy atom. The topological polar surface area (TPSA) is 135 Å². The van der Waals surface area contributed by atoms with Gasteiger partial charge in [0, 0.05) is 54.1 Å². The molecule has 2 aromatic rings. The average Bonchev–Trinajstić information content (AvgIpc) is 3.68. The predicted molar refractivity (Wildman–Crippen MR) is 233 cm³/mol. The highest BCUT2D eigenvalue weighted by Gasteiger charge is 2.76. The molecule has 5 aliphatic rings. The Labute approximate surface area is 355 Å². The minimum Gasteiger partial charge on any atom is -0.481 e. The summed E-state index contributed by atoms with van der Waals surface area (Å²) in [6.45, 7) is 28.4. The first-order chi connectivity index (χ1) is 27.5. The Morgan fingerprint density at radius 2 is 1.76 bits per heavy atom.